The number of benzene rings is 1. The van der Waals surface area contributed by atoms with E-state index < -0.39 is 15.7 Å². The maximum absolute atomic E-state index is 13.0. The minimum absolute atomic E-state index is 0.0488. The molecule has 1 atom stereocenters. The molecule has 1 unspecified atom stereocenters. The number of halogens is 2. The van der Waals surface area contributed by atoms with Gasteiger partial charge in [0.05, 0.1) is 15.7 Å². The first-order valence-electron chi connectivity index (χ1n) is 6.25. The Labute approximate surface area is 119 Å². The van der Waals surface area contributed by atoms with Crippen molar-refractivity contribution in [3.8, 4) is 0 Å². The molecule has 0 spiro atoms. The molecular formula is C13H19ClFNO2S. The highest BCUT2D eigenvalue weighted by Gasteiger charge is 2.16. The fourth-order valence-electron chi connectivity index (χ4n) is 1.86. The van der Waals surface area contributed by atoms with E-state index >= 15 is 0 Å². The fraction of sp³-hybridized carbons (Fsp3) is 0.538. The van der Waals surface area contributed by atoms with E-state index in [1.807, 2.05) is 7.05 Å². The third-order valence-electron chi connectivity index (χ3n) is 3.12. The van der Waals surface area contributed by atoms with Gasteiger partial charge in [-0.15, -0.1) is 0 Å². The van der Waals surface area contributed by atoms with Gasteiger partial charge in [-0.1, -0.05) is 18.5 Å². The summed E-state index contributed by atoms with van der Waals surface area (Å²) >= 11 is 5.60. The van der Waals surface area contributed by atoms with Gasteiger partial charge < -0.3 is 5.32 Å². The van der Waals surface area contributed by atoms with Crippen molar-refractivity contribution in [1.29, 1.82) is 0 Å². The Bertz CT molecular complexity index is 515. The molecule has 0 aliphatic heterocycles. The van der Waals surface area contributed by atoms with E-state index in [4.69, 9.17) is 11.6 Å². The fourth-order valence-corrected chi connectivity index (χ4v) is 3.46. The summed E-state index contributed by atoms with van der Waals surface area (Å²) in [6.45, 7) is 2.05. The molecule has 1 aromatic carbocycles. The highest BCUT2D eigenvalue weighted by molar-refractivity contribution is 7.91. The van der Waals surface area contributed by atoms with Gasteiger partial charge in [0.15, 0.2) is 9.84 Å². The lowest BCUT2D eigenvalue weighted by Crippen LogP contribution is -2.24. The van der Waals surface area contributed by atoms with Gasteiger partial charge >= 0.3 is 0 Å². The molecule has 0 amide bonds. The summed E-state index contributed by atoms with van der Waals surface area (Å²) < 4.78 is 37.1. The van der Waals surface area contributed by atoms with Crippen molar-refractivity contribution in [2.75, 3.05) is 12.8 Å². The molecule has 0 aliphatic rings. The van der Waals surface area contributed by atoms with Gasteiger partial charge in [-0.3, -0.25) is 0 Å². The van der Waals surface area contributed by atoms with E-state index in [1.165, 1.54) is 12.1 Å². The van der Waals surface area contributed by atoms with Gasteiger partial charge in [-0.05, 0) is 44.5 Å². The summed E-state index contributed by atoms with van der Waals surface area (Å²) in [4.78, 5) is 0.0800. The zero-order valence-electron chi connectivity index (χ0n) is 11.1. The predicted octanol–water partition coefficient (Wildman–Crippen LogP) is 3.03. The van der Waals surface area contributed by atoms with E-state index in [1.54, 1.807) is 0 Å². The number of hydrogen-bond donors (Lipinski definition) is 1. The van der Waals surface area contributed by atoms with Crippen LogP contribution in [0.1, 0.15) is 26.2 Å². The molecule has 108 valence electrons. The quantitative estimate of drug-likeness (QED) is 0.788. The Kier molecular flexibility index (Phi) is 6.23. The van der Waals surface area contributed by atoms with E-state index in [0.717, 1.165) is 18.9 Å². The number of hydrogen-bond acceptors (Lipinski definition) is 3. The van der Waals surface area contributed by atoms with Crippen molar-refractivity contribution in [2.24, 2.45) is 0 Å². The average Bonchev–Trinajstić information content (AvgIpc) is 2.37. The maximum atomic E-state index is 13.0. The number of rotatable bonds is 7. The first-order valence-corrected chi connectivity index (χ1v) is 8.28. The molecular weight excluding hydrogens is 289 g/mol. The third kappa shape index (κ3) is 4.75. The highest BCUT2D eigenvalue weighted by atomic mass is 35.5. The summed E-state index contributed by atoms with van der Waals surface area (Å²) in [5.41, 5.74) is 0. The Hall–Kier alpha value is -0.650. The largest absolute Gasteiger partial charge is 0.317 e. The van der Waals surface area contributed by atoms with Gasteiger partial charge in [0.2, 0.25) is 0 Å². The van der Waals surface area contributed by atoms with Crippen LogP contribution in [0.15, 0.2) is 23.1 Å². The second-order valence-electron chi connectivity index (χ2n) is 4.43. The van der Waals surface area contributed by atoms with E-state index in [9.17, 15) is 12.8 Å². The van der Waals surface area contributed by atoms with Crippen molar-refractivity contribution in [3.05, 3.63) is 29.0 Å². The SMILES string of the molecule is CCC(CCCS(=O)(=O)c1ccc(F)c(Cl)c1)NC. The van der Waals surface area contributed by atoms with Crippen molar-refractivity contribution < 1.29 is 12.8 Å². The molecule has 6 heteroatoms. The highest BCUT2D eigenvalue weighted by Crippen LogP contribution is 2.21. The summed E-state index contributed by atoms with van der Waals surface area (Å²) in [5, 5.41) is 2.96. The summed E-state index contributed by atoms with van der Waals surface area (Å²) in [7, 11) is -1.53. The Morgan fingerprint density at radius 3 is 2.63 bits per heavy atom. The monoisotopic (exact) mass is 307 g/mol. The third-order valence-corrected chi connectivity index (χ3v) is 5.20. The zero-order valence-corrected chi connectivity index (χ0v) is 12.7. The standard InChI is InChI=1S/C13H19ClFNO2S/c1-3-10(16-2)5-4-8-19(17,18)11-6-7-13(15)12(14)9-11/h6-7,9-10,16H,3-5,8H2,1-2H3. The van der Waals surface area contributed by atoms with Gasteiger partial charge in [0.25, 0.3) is 0 Å². The van der Waals surface area contributed by atoms with Crippen LogP contribution in [0.4, 0.5) is 4.39 Å². The summed E-state index contributed by atoms with van der Waals surface area (Å²) in [6, 6.07) is 3.83. The molecule has 0 fully saturated rings. The minimum atomic E-state index is -3.39. The summed E-state index contributed by atoms with van der Waals surface area (Å²) in [5.74, 6) is -0.561. The molecule has 0 aromatic heterocycles. The number of sulfone groups is 1. The second kappa shape index (κ2) is 7.22. The second-order valence-corrected chi connectivity index (χ2v) is 6.95. The molecule has 1 N–H and O–H groups in total. The van der Waals surface area contributed by atoms with Gasteiger partial charge in [0.1, 0.15) is 5.82 Å². The van der Waals surface area contributed by atoms with Crippen molar-refractivity contribution in [1.82, 2.24) is 5.32 Å². The van der Waals surface area contributed by atoms with Crippen molar-refractivity contribution >= 4 is 21.4 Å². The molecule has 0 aliphatic carbocycles. The van der Waals surface area contributed by atoms with Crippen LogP contribution < -0.4 is 5.32 Å². The van der Waals surface area contributed by atoms with Crippen LogP contribution in [-0.4, -0.2) is 27.3 Å². The lowest BCUT2D eigenvalue weighted by Gasteiger charge is -2.13. The molecule has 1 aromatic rings. The van der Waals surface area contributed by atoms with E-state index in [2.05, 4.69) is 12.2 Å². The molecule has 1 rings (SSSR count). The Morgan fingerprint density at radius 1 is 1.42 bits per heavy atom. The van der Waals surface area contributed by atoms with Crippen LogP contribution in [0.25, 0.3) is 0 Å². The lowest BCUT2D eigenvalue weighted by atomic mass is 10.1. The van der Waals surface area contributed by atoms with Crippen LogP contribution in [0.2, 0.25) is 5.02 Å². The van der Waals surface area contributed by atoms with Crippen LogP contribution in [0.3, 0.4) is 0 Å². The number of nitrogens with one attached hydrogen (secondary N) is 1. The van der Waals surface area contributed by atoms with Crippen LogP contribution in [-0.2, 0) is 9.84 Å². The van der Waals surface area contributed by atoms with Crippen molar-refractivity contribution in [2.45, 2.75) is 37.1 Å². The molecule has 3 nitrogen and oxygen atoms in total. The molecule has 0 heterocycles. The first-order chi connectivity index (χ1) is 8.90. The van der Waals surface area contributed by atoms with E-state index in [0.29, 0.717) is 12.5 Å². The summed E-state index contributed by atoms with van der Waals surface area (Å²) in [6.07, 6.45) is 2.32. The topological polar surface area (TPSA) is 46.2 Å². The van der Waals surface area contributed by atoms with Crippen LogP contribution in [0, 0.1) is 5.82 Å². The van der Waals surface area contributed by atoms with Crippen molar-refractivity contribution in [3.63, 3.8) is 0 Å². The smallest absolute Gasteiger partial charge is 0.178 e. The Morgan fingerprint density at radius 2 is 2.11 bits per heavy atom. The van der Waals surface area contributed by atoms with Crippen LogP contribution >= 0.6 is 11.6 Å². The predicted molar refractivity (Wildman–Crippen MR) is 75.8 cm³/mol. The Balaban J connectivity index is 2.68. The van der Waals surface area contributed by atoms with E-state index in [-0.39, 0.29) is 15.7 Å². The lowest BCUT2D eigenvalue weighted by molar-refractivity contribution is 0.500. The molecule has 0 saturated carbocycles. The van der Waals surface area contributed by atoms with Gasteiger partial charge in [0, 0.05) is 6.04 Å². The molecule has 0 bridgehead atoms. The molecule has 0 saturated heterocycles. The average molecular weight is 308 g/mol. The molecule has 19 heavy (non-hydrogen) atoms. The zero-order chi connectivity index (χ0) is 14.5. The normalized spacial score (nSPS) is 13.5. The minimum Gasteiger partial charge on any atom is -0.317 e. The first kappa shape index (κ1) is 16.4. The maximum Gasteiger partial charge on any atom is 0.178 e. The van der Waals surface area contributed by atoms with Crippen LogP contribution in [0.5, 0.6) is 0 Å². The molecule has 0 radical (unpaired) electrons. The van der Waals surface area contributed by atoms with Gasteiger partial charge in [-0.25, -0.2) is 12.8 Å². The van der Waals surface area contributed by atoms with Gasteiger partial charge in [-0.2, -0.15) is 0 Å².